The molecular formula is C26H26N6O. The summed E-state index contributed by atoms with van der Waals surface area (Å²) in [7, 11) is 0. The van der Waals surface area contributed by atoms with Crippen LogP contribution >= 0.6 is 0 Å². The number of nitriles is 2. The number of carbonyl (C=O) groups excluding carboxylic acids is 1. The van der Waals surface area contributed by atoms with E-state index < -0.39 is 0 Å². The van der Waals surface area contributed by atoms with Gasteiger partial charge in [0.2, 0.25) is 0 Å². The van der Waals surface area contributed by atoms with E-state index in [2.05, 4.69) is 27.3 Å². The molecular weight excluding hydrogens is 412 g/mol. The highest BCUT2D eigenvalue weighted by Crippen LogP contribution is 2.30. The standard InChI is InChI=1S/C26H26N6O/c1-17-14-18(2)23(15-22(17)25-29-24(30-31-25)4-3-11-27)26(33)32-12-9-21(10-13-32)20-7-5-19(16-28)6-8-20/h5-8,14-15,21H,3-4,9-10,12-13H2,1-2H3,(H,29,30,31). The van der Waals surface area contributed by atoms with Crippen molar-refractivity contribution in [2.45, 2.75) is 45.4 Å². The molecule has 1 amide bonds. The number of hydrogen-bond donors (Lipinski definition) is 1. The van der Waals surface area contributed by atoms with Crippen molar-refractivity contribution in [2.24, 2.45) is 0 Å². The fraction of sp³-hybridized carbons (Fsp3) is 0.346. The van der Waals surface area contributed by atoms with Crippen LogP contribution in [0.2, 0.25) is 0 Å². The Bertz CT molecular complexity index is 1240. The topological polar surface area (TPSA) is 109 Å². The largest absolute Gasteiger partial charge is 0.339 e. The van der Waals surface area contributed by atoms with Crippen LogP contribution in [-0.2, 0) is 6.42 Å². The molecule has 0 spiro atoms. The zero-order valence-corrected chi connectivity index (χ0v) is 18.9. The lowest BCUT2D eigenvalue weighted by Gasteiger charge is -2.32. The summed E-state index contributed by atoms with van der Waals surface area (Å²) in [6.07, 6.45) is 2.71. The molecule has 0 radical (unpaired) electrons. The first-order valence-corrected chi connectivity index (χ1v) is 11.2. The summed E-state index contributed by atoms with van der Waals surface area (Å²) in [5, 5.41) is 26.2. The summed E-state index contributed by atoms with van der Waals surface area (Å²) in [4.78, 5) is 18.5. The van der Waals surface area contributed by atoms with Crippen LogP contribution in [0.5, 0.6) is 0 Å². The Morgan fingerprint density at radius 1 is 1.09 bits per heavy atom. The van der Waals surface area contributed by atoms with Crippen LogP contribution in [0.1, 0.15) is 63.6 Å². The van der Waals surface area contributed by atoms with E-state index in [4.69, 9.17) is 10.5 Å². The molecule has 3 aromatic rings. The Morgan fingerprint density at radius 2 is 1.82 bits per heavy atom. The maximum atomic E-state index is 13.4. The van der Waals surface area contributed by atoms with Crippen LogP contribution in [0.4, 0.5) is 0 Å². The Labute approximate surface area is 193 Å². The zero-order chi connectivity index (χ0) is 23.4. The van der Waals surface area contributed by atoms with E-state index >= 15 is 0 Å². The van der Waals surface area contributed by atoms with Gasteiger partial charge in [0.05, 0.1) is 17.7 Å². The first kappa shape index (κ1) is 22.2. The van der Waals surface area contributed by atoms with Gasteiger partial charge >= 0.3 is 0 Å². The van der Waals surface area contributed by atoms with Gasteiger partial charge in [-0.3, -0.25) is 4.79 Å². The van der Waals surface area contributed by atoms with E-state index in [-0.39, 0.29) is 5.91 Å². The van der Waals surface area contributed by atoms with Gasteiger partial charge in [0, 0.05) is 37.1 Å². The minimum absolute atomic E-state index is 0.0382. The lowest BCUT2D eigenvalue weighted by molar-refractivity contribution is 0.0712. The molecule has 0 atom stereocenters. The molecule has 33 heavy (non-hydrogen) atoms. The van der Waals surface area contributed by atoms with Gasteiger partial charge in [-0.1, -0.05) is 18.2 Å². The molecule has 1 fully saturated rings. The molecule has 1 aromatic heterocycles. The number of piperidine rings is 1. The highest BCUT2D eigenvalue weighted by molar-refractivity contribution is 5.97. The van der Waals surface area contributed by atoms with E-state index in [1.165, 1.54) is 5.56 Å². The number of aromatic nitrogens is 3. The highest BCUT2D eigenvalue weighted by atomic mass is 16.2. The minimum atomic E-state index is 0.0382. The summed E-state index contributed by atoms with van der Waals surface area (Å²) >= 11 is 0. The van der Waals surface area contributed by atoms with Crippen LogP contribution in [0.15, 0.2) is 36.4 Å². The van der Waals surface area contributed by atoms with Gasteiger partial charge in [0.25, 0.3) is 5.91 Å². The Morgan fingerprint density at radius 3 is 2.48 bits per heavy atom. The third-order valence-electron chi connectivity index (χ3n) is 6.36. The fourth-order valence-corrected chi connectivity index (χ4v) is 4.46. The summed E-state index contributed by atoms with van der Waals surface area (Å²) in [6.45, 7) is 5.36. The molecule has 1 saturated heterocycles. The number of amides is 1. The van der Waals surface area contributed by atoms with Crippen molar-refractivity contribution in [3.05, 3.63) is 70.0 Å². The van der Waals surface area contributed by atoms with Gasteiger partial charge < -0.3 is 9.88 Å². The third kappa shape index (κ3) is 4.78. The van der Waals surface area contributed by atoms with Gasteiger partial charge in [0.1, 0.15) is 5.82 Å². The Hall–Kier alpha value is -3.97. The average Bonchev–Trinajstić information content (AvgIpc) is 3.31. The summed E-state index contributed by atoms with van der Waals surface area (Å²) < 4.78 is 0. The summed E-state index contributed by atoms with van der Waals surface area (Å²) in [5.41, 5.74) is 5.40. The number of aryl methyl sites for hydroxylation is 3. The molecule has 2 aromatic carbocycles. The SMILES string of the molecule is Cc1cc(C)c(-c2nnc(CCC#N)[nH]2)cc1C(=O)N1CCC(c2ccc(C#N)cc2)CC1. The number of nitrogens with one attached hydrogen (secondary N) is 1. The molecule has 166 valence electrons. The quantitative estimate of drug-likeness (QED) is 0.633. The van der Waals surface area contributed by atoms with E-state index in [9.17, 15) is 4.79 Å². The monoisotopic (exact) mass is 438 g/mol. The normalized spacial score (nSPS) is 14.0. The van der Waals surface area contributed by atoms with E-state index in [0.717, 1.165) is 29.5 Å². The predicted molar refractivity (Wildman–Crippen MR) is 124 cm³/mol. The van der Waals surface area contributed by atoms with Crippen molar-refractivity contribution in [1.29, 1.82) is 10.5 Å². The van der Waals surface area contributed by atoms with Gasteiger partial charge in [-0.25, -0.2) is 0 Å². The van der Waals surface area contributed by atoms with Crippen molar-refractivity contribution in [2.75, 3.05) is 13.1 Å². The Balaban J connectivity index is 1.49. The van der Waals surface area contributed by atoms with Gasteiger partial charge in [-0.15, -0.1) is 10.2 Å². The molecule has 0 bridgehead atoms. The van der Waals surface area contributed by atoms with Crippen LogP contribution in [0, 0.1) is 36.5 Å². The van der Waals surface area contributed by atoms with Gasteiger partial charge in [-0.05, 0) is 67.5 Å². The minimum Gasteiger partial charge on any atom is -0.339 e. The zero-order valence-electron chi connectivity index (χ0n) is 18.9. The molecule has 0 unspecified atom stereocenters. The maximum absolute atomic E-state index is 13.4. The first-order valence-electron chi connectivity index (χ1n) is 11.2. The number of rotatable bonds is 5. The number of carbonyl (C=O) groups is 1. The van der Waals surface area contributed by atoms with Crippen molar-refractivity contribution < 1.29 is 4.79 Å². The first-order chi connectivity index (χ1) is 16.0. The van der Waals surface area contributed by atoms with E-state index in [1.807, 2.05) is 55.1 Å². The number of aromatic amines is 1. The lowest BCUT2D eigenvalue weighted by Crippen LogP contribution is -2.38. The predicted octanol–water partition coefficient (Wildman–Crippen LogP) is 4.44. The van der Waals surface area contributed by atoms with Crippen LogP contribution in [0.25, 0.3) is 11.4 Å². The lowest BCUT2D eigenvalue weighted by atomic mass is 9.88. The second kappa shape index (κ2) is 9.67. The summed E-state index contributed by atoms with van der Waals surface area (Å²) in [5.74, 6) is 1.73. The molecule has 1 aliphatic rings. The van der Waals surface area contributed by atoms with E-state index in [1.54, 1.807) is 0 Å². The van der Waals surface area contributed by atoms with Crippen molar-refractivity contribution in [3.8, 4) is 23.5 Å². The highest BCUT2D eigenvalue weighted by Gasteiger charge is 2.26. The molecule has 1 N–H and O–H groups in total. The number of hydrogen-bond acceptors (Lipinski definition) is 5. The van der Waals surface area contributed by atoms with E-state index in [0.29, 0.717) is 54.6 Å². The van der Waals surface area contributed by atoms with Crippen molar-refractivity contribution in [1.82, 2.24) is 20.1 Å². The van der Waals surface area contributed by atoms with Crippen LogP contribution < -0.4 is 0 Å². The molecule has 1 aliphatic heterocycles. The van der Waals surface area contributed by atoms with Crippen LogP contribution in [-0.4, -0.2) is 39.1 Å². The number of benzene rings is 2. The summed E-state index contributed by atoms with van der Waals surface area (Å²) in [6, 6.07) is 16.0. The number of nitrogens with zero attached hydrogens (tertiary/aromatic N) is 5. The van der Waals surface area contributed by atoms with Crippen molar-refractivity contribution >= 4 is 5.91 Å². The molecule has 2 heterocycles. The molecule has 7 heteroatoms. The number of likely N-dealkylation sites (tertiary alicyclic amines) is 1. The maximum Gasteiger partial charge on any atom is 0.254 e. The smallest absolute Gasteiger partial charge is 0.254 e. The second-order valence-corrected chi connectivity index (χ2v) is 8.56. The molecule has 4 rings (SSSR count). The average molecular weight is 439 g/mol. The van der Waals surface area contributed by atoms with Crippen molar-refractivity contribution in [3.63, 3.8) is 0 Å². The second-order valence-electron chi connectivity index (χ2n) is 8.56. The number of H-pyrrole nitrogens is 1. The Kier molecular flexibility index (Phi) is 6.51. The third-order valence-corrected chi connectivity index (χ3v) is 6.36. The fourth-order valence-electron chi connectivity index (χ4n) is 4.46. The molecule has 7 nitrogen and oxygen atoms in total. The van der Waals surface area contributed by atoms with Gasteiger partial charge in [-0.2, -0.15) is 10.5 Å². The molecule has 0 saturated carbocycles. The van der Waals surface area contributed by atoms with Crippen LogP contribution in [0.3, 0.4) is 0 Å². The van der Waals surface area contributed by atoms with Gasteiger partial charge in [0.15, 0.2) is 5.82 Å². The molecule has 0 aliphatic carbocycles.